The van der Waals surface area contributed by atoms with Crippen LogP contribution < -0.4 is 10.5 Å². The zero-order valence-corrected chi connectivity index (χ0v) is 9.31. The number of amidine groups is 1. The molecule has 0 saturated heterocycles. The number of para-hydroxylation sites is 1. The number of rotatable bonds is 3. The van der Waals surface area contributed by atoms with E-state index < -0.39 is 0 Å². The van der Waals surface area contributed by atoms with Crippen molar-refractivity contribution in [3.63, 3.8) is 0 Å². The second kappa shape index (κ2) is 4.43. The van der Waals surface area contributed by atoms with E-state index in [9.17, 15) is 0 Å². The Bertz CT molecular complexity index is 411. The molecule has 86 valence electrons. The molecular weight excluding hydrogens is 204 g/mol. The van der Waals surface area contributed by atoms with Crippen molar-refractivity contribution in [2.45, 2.75) is 32.3 Å². The second-order valence-corrected chi connectivity index (χ2v) is 4.11. The Morgan fingerprint density at radius 1 is 1.50 bits per heavy atom. The van der Waals surface area contributed by atoms with Gasteiger partial charge >= 0.3 is 0 Å². The van der Waals surface area contributed by atoms with Gasteiger partial charge in [0.25, 0.3) is 0 Å². The first-order valence-corrected chi connectivity index (χ1v) is 5.46. The van der Waals surface area contributed by atoms with Crippen molar-refractivity contribution in [2.24, 2.45) is 10.9 Å². The summed E-state index contributed by atoms with van der Waals surface area (Å²) >= 11 is 0. The molecule has 0 amide bonds. The van der Waals surface area contributed by atoms with Crippen LogP contribution in [0.2, 0.25) is 0 Å². The molecule has 0 spiro atoms. The first-order valence-electron chi connectivity index (χ1n) is 5.46. The van der Waals surface area contributed by atoms with Crippen molar-refractivity contribution in [2.75, 3.05) is 0 Å². The van der Waals surface area contributed by atoms with Gasteiger partial charge in [0, 0.05) is 0 Å². The largest absolute Gasteiger partial charge is 0.489 e. The normalized spacial score (nSPS) is 16.9. The SMILES string of the molecule is Cc1cccc(/C(N)=N/O)c1OC1CCC1. The topological polar surface area (TPSA) is 67.8 Å². The quantitative estimate of drug-likeness (QED) is 0.354. The summed E-state index contributed by atoms with van der Waals surface area (Å²) in [6.45, 7) is 1.96. The van der Waals surface area contributed by atoms with Gasteiger partial charge in [0.15, 0.2) is 5.84 Å². The minimum Gasteiger partial charge on any atom is -0.489 e. The molecule has 0 aromatic heterocycles. The first-order chi connectivity index (χ1) is 7.72. The lowest BCUT2D eigenvalue weighted by Crippen LogP contribution is -2.26. The van der Waals surface area contributed by atoms with Gasteiger partial charge in [-0.2, -0.15) is 0 Å². The summed E-state index contributed by atoms with van der Waals surface area (Å²) in [7, 11) is 0. The van der Waals surface area contributed by atoms with Crippen LogP contribution in [-0.4, -0.2) is 17.1 Å². The van der Waals surface area contributed by atoms with Crippen LogP contribution in [0.3, 0.4) is 0 Å². The molecule has 1 aromatic carbocycles. The lowest BCUT2D eigenvalue weighted by atomic mass is 9.96. The van der Waals surface area contributed by atoms with E-state index in [-0.39, 0.29) is 11.9 Å². The molecule has 0 unspecified atom stereocenters. The van der Waals surface area contributed by atoms with Crippen molar-refractivity contribution in [3.8, 4) is 5.75 Å². The van der Waals surface area contributed by atoms with E-state index in [2.05, 4.69) is 5.16 Å². The van der Waals surface area contributed by atoms with Crippen molar-refractivity contribution < 1.29 is 9.94 Å². The van der Waals surface area contributed by atoms with E-state index in [1.54, 1.807) is 6.07 Å². The molecule has 0 bridgehead atoms. The third-order valence-corrected chi connectivity index (χ3v) is 2.93. The molecule has 2 rings (SSSR count). The van der Waals surface area contributed by atoms with Gasteiger partial charge in [-0.15, -0.1) is 0 Å². The number of nitrogens with two attached hydrogens (primary N) is 1. The van der Waals surface area contributed by atoms with Gasteiger partial charge in [-0.1, -0.05) is 17.3 Å². The molecule has 1 aliphatic carbocycles. The molecule has 4 heteroatoms. The molecule has 4 nitrogen and oxygen atoms in total. The second-order valence-electron chi connectivity index (χ2n) is 4.11. The van der Waals surface area contributed by atoms with Crippen molar-refractivity contribution in [1.29, 1.82) is 0 Å². The van der Waals surface area contributed by atoms with Crippen LogP contribution in [0.5, 0.6) is 5.75 Å². The number of hydrogen-bond acceptors (Lipinski definition) is 3. The van der Waals surface area contributed by atoms with Crippen molar-refractivity contribution in [1.82, 2.24) is 0 Å². The van der Waals surface area contributed by atoms with Crippen LogP contribution in [0.4, 0.5) is 0 Å². The molecule has 1 aromatic rings. The molecule has 1 aliphatic rings. The molecule has 0 aliphatic heterocycles. The standard InChI is InChI=1S/C12H16N2O2/c1-8-4-2-7-10(12(13)14-15)11(8)16-9-5-3-6-9/h2,4,7,9,15H,3,5-6H2,1H3,(H2,13,14). The fourth-order valence-corrected chi connectivity index (χ4v) is 1.72. The molecule has 0 atom stereocenters. The fraction of sp³-hybridized carbons (Fsp3) is 0.417. The van der Waals surface area contributed by atoms with Gasteiger partial charge in [0.2, 0.25) is 0 Å². The highest BCUT2D eigenvalue weighted by molar-refractivity contribution is 5.99. The highest BCUT2D eigenvalue weighted by Crippen LogP contribution is 2.30. The summed E-state index contributed by atoms with van der Waals surface area (Å²) in [5.41, 5.74) is 7.29. The molecule has 1 fully saturated rings. The number of oxime groups is 1. The highest BCUT2D eigenvalue weighted by Gasteiger charge is 2.22. The average Bonchev–Trinajstić information content (AvgIpc) is 2.23. The molecule has 0 radical (unpaired) electrons. The Morgan fingerprint density at radius 3 is 2.81 bits per heavy atom. The van der Waals surface area contributed by atoms with Crippen molar-refractivity contribution >= 4 is 5.84 Å². The van der Waals surface area contributed by atoms with Gasteiger partial charge in [0.05, 0.1) is 11.7 Å². The summed E-state index contributed by atoms with van der Waals surface area (Å²) in [6, 6.07) is 5.63. The first kappa shape index (κ1) is 10.8. The van der Waals surface area contributed by atoms with Gasteiger partial charge < -0.3 is 15.7 Å². The zero-order valence-electron chi connectivity index (χ0n) is 9.31. The van der Waals surface area contributed by atoms with E-state index in [0.29, 0.717) is 5.56 Å². The molecule has 1 saturated carbocycles. The fourth-order valence-electron chi connectivity index (χ4n) is 1.72. The number of aryl methyl sites for hydroxylation is 1. The van der Waals surface area contributed by atoms with Crippen LogP contribution in [0, 0.1) is 6.92 Å². The predicted octanol–water partition coefficient (Wildman–Crippen LogP) is 2.02. The Labute approximate surface area is 94.7 Å². The number of benzene rings is 1. The minimum atomic E-state index is 0.0954. The van der Waals surface area contributed by atoms with Crippen molar-refractivity contribution in [3.05, 3.63) is 29.3 Å². The summed E-state index contributed by atoms with van der Waals surface area (Å²) in [5, 5.41) is 11.7. The third kappa shape index (κ3) is 1.96. The average molecular weight is 220 g/mol. The van der Waals surface area contributed by atoms with E-state index in [4.69, 9.17) is 15.7 Å². The number of hydrogen-bond donors (Lipinski definition) is 2. The molecule has 0 heterocycles. The molecular formula is C12H16N2O2. The van der Waals surface area contributed by atoms with Gasteiger partial charge in [-0.05, 0) is 37.8 Å². The molecule has 3 N–H and O–H groups in total. The number of nitrogens with zero attached hydrogens (tertiary/aromatic N) is 1. The van der Waals surface area contributed by atoms with Gasteiger partial charge in [-0.25, -0.2) is 0 Å². The van der Waals surface area contributed by atoms with E-state index in [1.807, 2.05) is 19.1 Å². The zero-order chi connectivity index (χ0) is 11.5. The smallest absolute Gasteiger partial charge is 0.173 e. The predicted molar refractivity (Wildman–Crippen MR) is 62.0 cm³/mol. The summed E-state index contributed by atoms with van der Waals surface area (Å²) < 4.78 is 5.86. The maximum absolute atomic E-state index is 8.72. The Hall–Kier alpha value is -1.71. The van der Waals surface area contributed by atoms with Crippen LogP contribution in [0.1, 0.15) is 30.4 Å². The summed E-state index contributed by atoms with van der Waals surface area (Å²) in [6.07, 6.45) is 3.68. The van der Waals surface area contributed by atoms with Crippen LogP contribution in [0.25, 0.3) is 0 Å². The third-order valence-electron chi connectivity index (χ3n) is 2.93. The lowest BCUT2D eigenvalue weighted by molar-refractivity contribution is 0.119. The van der Waals surface area contributed by atoms with Gasteiger partial charge in [0.1, 0.15) is 5.75 Å². The van der Waals surface area contributed by atoms with Crippen LogP contribution >= 0.6 is 0 Å². The van der Waals surface area contributed by atoms with E-state index >= 15 is 0 Å². The molecule has 16 heavy (non-hydrogen) atoms. The monoisotopic (exact) mass is 220 g/mol. The maximum atomic E-state index is 8.72. The number of ether oxygens (including phenoxy) is 1. The Balaban J connectivity index is 2.31. The Morgan fingerprint density at radius 2 is 2.25 bits per heavy atom. The minimum absolute atomic E-state index is 0.0954. The van der Waals surface area contributed by atoms with Crippen LogP contribution in [0.15, 0.2) is 23.4 Å². The summed E-state index contributed by atoms with van der Waals surface area (Å²) in [4.78, 5) is 0. The van der Waals surface area contributed by atoms with Crippen LogP contribution in [-0.2, 0) is 0 Å². The Kier molecular flexibility index (Phi) is 2.99. The summed E-state index contributed by atoms with van der Waals surface area (Å²) in [5.74, 6) is 0.834. The highest BCUT2D eigenvalue weighted by atomic mass is 16.5. The lowest BCUT2D eigenvalue weighted by Gasteiger charge is -2.28. The van der Waals surface area contributed by atoms with E-state index in [1.165, 1.54) is 6.42 Å². The van der Waals surface area contributed by atoms with Gasteiger partial charge in [-0.3, -0.25) is 0 Å². The maximum Gasteiger partial charge on any atom is 0.173 e. The van der Waals surface area contributed by atoms with E-state index in [0.717, 1.165) is 24.2 Å².